The Kier molecular flexibility index (Phi) is 6.35. The Hall–Kier alpha value is -2.37. The van der Waals surface area contributed by atoms with E-state index in [1.807, 2.05) is 32.0 Å². The summed E-state index contributed by atoms with van der Waals surface area (Å²) in [7, 11) is 0. The number of thiophene rings is 1. The molecule has 2 aromatic carbocycles. The van der Waals surface area contributed by atoms with Gasteiger partial charge in [-0.05, 0) is 54.8 Å². The van der Waals surface area contributed by atoms with E-state index in [2.05, 4.69) is 56.3 Å². The van der Waals surface area contributed by atoms with Crippen LogP contribution in [0.2, 0.25) is 0 Å². The molecule has 0 aliphatic carbocycles. The van der Waals surface area contributed by atoms with Gasteiger partial charge in [0.25, 0.3) is 0 Å². The van der Waals surface area contributed by atoms with Crippen LogP contribution < -0.4 is 0 Å². The monoisotopic (exact) mass is 333 g/mol. The number of aryl methyl sites for hydroxylation is 2. The van der Waals surface area contributed by atoms with Crippen molar-refractivity contribution in [2.75, 3.05) is 0 Å². The lowest BCUT2D eigenvalue weighted by atomic mass is 10.0. The highest BCUT2D eigenvalue weighted by Gasteiger charge is 2.06. The van der Waals surface area contributed by atoms with E-state index < -0.39 is 0 Å². The first-order valence-electron chi connectivity index (χ1n) is 8.31. The van der Waals surface area contributed by atoms with Crippen LogP contribution in [0.3, 0.4) is 0 Å². The van der Waals surface area contributed by atoms with Gasteiger partial charge < -0.3 is 0 Å². The molecule has 1 heterocycles. The molecule has 3 aromatic rings. The molecule has 122 valence electrons. The van der Waals surface area contributed by atoms with Crippen LogP contribution in [0, 0.1) is 25.2 Å². The molecule has 0 radical (unpaired) electrons. The molecule has 2 heteroatoms. The molecule has 1 nitrogen and oxygen atoms in total. The average Bonchev–Trinajstić information content (AvgIpc) is 3.08. The lowest BCUT2D eigenvalue weighted by Crippen LogP contribution is -1.90. The Morgan fingerprint density at radius 1 is 0.958 bits per heavy atom. The summed E-state index contributed by atoms with van der Waals surface area (Å²) in [6.07, 6.45) is 0.968. The van der Waals surface area contributed by atoms with Crippen molar-refractivity contribution in [3.8, 4) is 16.5 Å². The normalized spacial score (nSPS) is 9.79. The highest BCUT2D eigenvalue weighted by Crippen LogP contribution is 2.30. The fourth-order valence-corrected chi connectivity index (χ4v) is 3.58. The molecule has 0 aliphatic heterocycles. The minimum atomic E-state index is 0.710. The van der Waals surface area contributed by atoms with Crippen LogP contribution in [-0.4, -0.2) is 0 Å². The van der Waals surface area contributed by atoms with Crippen LogP contribution in [-0.2, 0) is 6.42 Å². The molecule has 0 atom stereocenters. The molecule has 0 spiro atoms. The van der Waals surface area contributed by atoms with E-state index in [1.54, 1.807) is 11.3 Å². The van der Waals surface area contributed by atoms with Crippen LogP contribution in [0.5, 0.6) is 0 Å². The van der Waals surface area contributed by atoms with Crippen LogP contribution in [0.15, 0.2) is 54.6 Å². The smallest absolute Gasteiger partial charge is 0.0991 e. The number of nitrogens with zero attached hydrogens (tertiary/aromatic N) is 1. The standard InChI is InChI=1S/C20H17NS.C2H6/c1-14-6-7-15(2)18(10-14)12-19-8-9-20(22-19)17-5-3-4-16(11-17)13-21;1-2/h3-11H,12H2,1-2H3;1-2H3. The van der Waals surface area contributed by atoms with Gasteiger partial charge in [0.2, 0.25) is 0 Å². The zero-order chi connectivity index (χ0) is 17.5. The summed E-state index contributed by atoms with van der Waals surface area (Å²) in [5.74, 6) is 0. The van der Waals surface area contributed by atoms with E-state index in [9.17, 15) is 0 Å². The van der Waals surface area contributed by atoms with E-state index in [4.69, 9.17) is 5.26 Å². The van der Waals surface area contributed by atoms with E-state index in [0.29, 0.717) is 5.56 Å². The summed E-state index contributed by atoms with van der Waals surface area (Å²) < 4.78 is 0. The second-order valence-corrected chi connectivity index (χ2v) is 6.73. The van der Waals surface area contributed by atoms with E-state index in [-0.39, 0.29) is 0 Å². The van der Waals surface area contributed by atoms with Crippen molar-refractivity contribution in [3.63, 3.8) is 0 Å². The minimum absolute atomic E-state index is 0.710. The van der Waals surface area contributed by atoms with Crippen molar-refractivity contribution in [3.05, 3.63) is 81.7 Å². The van der Waals surface area contributed by atoms with Crippen molar-refractivity contribution in [1.29, 1.82) is 5.26 Å². The Morgan fingerprint density at radius 3 is 2.50 bits per heavy atom. The molecule has 0 aliphatic rings. The van der Waals surface area contributed by atoms with Gasteiger partial charge in [-0.3, -0.25) is 0 Å². The first-order chi connectivity index (χ1) is 11.7. The van der Waals surface area contributed by atoms with Crippen molar-refractivity contribution >= 4 is 11.3 Å². The van der Waals surface area contributed by atoms with Crippen molar-refractivity contribution in [2.45, 2.75) is 34.1 Å². The predicted molar refractivity (Wildman–Crippen MR) is 105 cm³/mol. The highest BCUT2D eigenvalue weighted by atomic mass is 32.1. The average molecular weight is 334 g/mol. The molecule has 0 N–H and O–H groups in total. The maximum Gasteiger partial charge on any atom is 0.0991 e. The maximum absolute atomic E-state index is 9.02. The summed E-state index contributed by atoms with van der Waals surface area (Å²) >= 11 is 1.81. The van der Waals surface area contributed by atoms with Gasteiger partial charge in [-0.1, -0.05) is 49.7 Å². The van der Waals surface area contributed by atoms with Crippen molar-refractivity contribution in [1.82, 2.24) is 0 Å². The van der Waals surface area contributed by atoms with E-state index in [1.165, 1.54) is 26.4 Å². The summed E-state index contributed by atoms with van der Waals surface area (Å²) in [6, 6.07) is 21.0. The molecular weight excluding hydrogens is 310 g/mol. The summed E-state index contributed by atoms with van der Waals surface area (Å²) in [4.78, 5) is 2.57. The molecule has 0 fully saturated rings. The quantitative estimate of drug-likeness (QED) is 0.535. The predicted octanol–water partition coefficient (Wildman–Crippen LogP) is 6.52. The van der Waals surface area contributed by atoms with E-state index in [0.717, 1.165) is 12.0 Å². The number of hydrogen-bond donors (Lipinski definition) is 0. The Morgan fingerprint density at radius 2 is 1.75 bits per heavy atom. The molecule has 0 bridgehead atoms. The topological polar surface area (TPSA) is 23.8 Å². The largest absolute Gasteiger partial charge is 0.192 e. The molecular formula is C22H23NS. The Balaban J connectivity index is 0.00000100. The third-order valence-corrected chi connectivity index (χ3v) is 4.94. The first kappa shape index (κ1) is 18.0. The first-order valence-corrected chi connectivity index (χ1v) is 9.13. The van der Waals surface area contributed by atoms with Crippen LogP contribution in [0.1, 0.15) is 41.0 Å². The molecule has 0 saturated carbocycles. The minimum Gasteiger partial charge on any atom is -0.192 e. The van der Waals surface area contributed by atoms with Gasteiger partial charge in [0.05, 0.1) is 11.6 Å². The van der Waals surface area contributed by atoms with Gasteiger partial charge in [0.15, 0.2) is 0 Å². The lowest BCUT2D eigenvalue weighted by Gasteiger charge is -2.05. The lowest BCUT2D eigenvalue weighted by molar-refractivity contribution is 1.18. The van der Waals surface area contributed by atoms with Crippen LogP contribution in [0.4, 0.5) is 0 Å². The van der Waals surface area contributed by atoms with Gasteiger partial charge in [0.1, 0.15) is 0 Å². The zero-order valence-electron chi connectivity index (χ0n) is 14.8. The number of rotatable bonds is 3. The maximum atomic E-state index is 9.02. The summed E-state index contributed by atoms with van der Waals surface area (Å²) in [5.41, 5.74) is 5.86. The van der Waals surface area contributed by atoms with Gasteiger partial charge in [0, 0.05) is 16.2 Å². The zero-order valence-corrected chi connectivity index (χ0v) is 15.6. The third-order valence-electron chi connectivity index (χ3n) is 3.81. The Bertz CT molecular complexity index is 852. The summed E-state index contributed by atoms with van der Waals surface area (Å²) in [6.45, 7) is 8.30. The molecule has 24 heavy (non-hydrogen) atoms. The molecule has 0 saturated heterocycles. The molecule has 3 rings (SSSR count). The van der Waals surface area contributed by atoms with E-state index >= 15 is 0 Å². The second-order valence-electron chi connectivity index (χ2n) is 5.57. The van der Waals surface area contributed by atoms with Gasteiger partial charge in [-0.25, -0.2) is 0 Å². The SMILES string of the molecule is CC.Cc1ccc(C)c(Cc2ccc(-c3cccc(C#N)c3)s2)c1. The second kappa shape index (κ2) is 8.47. The van der Waals surface area contributed by atoms with Gasteiger partial charge >= 0.3 is 0 Å². The molecule has 0 amide bonds. The number of benzene rings is 2. The Labute approximate surface area is 149 Å². The molecule has 0 unspecified atom stereocenters. The van der Waals surface area contributed by atoms with Gasteiger partial charge in [-0.2, -0.15) is 5.26 Å². The highest BCUT2D eigenvalue weighted by molar-refractivity contribution is 7.15. The number of nitriles is 1. The fraction of sp³-hybridized carbons (Fsp3) is 0.227. The fourth-order valence-electron chi connectivity index (χ4n) is 2.55. The number of hydrogen-bond acceptors (Lipinski definition) is 2. The van der Waals surface area contributed by atoms with Crippen LogP contribution >= 0.6 is 11.3 Å². The van der Waals surface area contributed by atoms with Crippen molar-refractivity contribution < 1.29 is 0 Å². The molecule has 1 aromatic heterocycles. The van der Waals surface area contributed by atoms with Gasteiger partial charge in [-0.15, -0.1) is 11.3 Å². The van der Waals surface area contributed by atoms with Crippen molar-refractivity contribution in [2.24, 2.45) is 0 Å². The van der Waals surface area contributed by atoms with Crippen LogP contribution in [0.25, 0.3) is 10.4 Å². The summed E-state index contributed by atoms with van der Waals surface area (Å²) in [5, 5.41) is 9.02. The third kappa shape index (κ3) is 4.34.